The molecule has 2 aliphatic rings. The molecule has 1 aromatic heterocycles. The quantitative estimate of drug-likeness (QED) is 0.801. The van der Waals surface area contributed by atoms with Gasteiger partial charge in [0.15, 0.2) is 0 Å². The minimum Gasteiger partial charge on any atom is -0.444 e. The second-order valence-electron chi connectivity index (χ2n) is 7.31. The minimum atomic E-state index is -0.466. The number of nitrogens with zero attached hydrogens (tertiary/aromatic N) is 2. The van der Waals surface area contributed by atoms with Crippen LogP contribution in [0.1, 0.15) is 44.9 Å². The molecule has 1 amide bonds. The number of ether oxygens (including phenoxy) is 1. The van der Waals surface area contributed by atoms with E-state index in [-0.39, 0.29) is 11.5 Å². The molecule has 1 aromatic rings. The lowest BCUT2D eigenvalue weighted by molar-refractivity contribution is 0.0158. The van der Waals surface area contributed by atoms with Gasteiger partial charge in [0.1, 0.15) is 5.60 Å². The molecular weight excluding hydrogens is 278 g/mol. The fourth-order valence-electron chi connectivity index (χ4n) is 3.38. The second kappa shape index (κ2) is 5.07. The van der Waals surface area contributed by atoms with Gasteiger partial charge in [-0.05, 0) is 51.7 Å². The Morgan fingerprint density at radius 1 is 1.36 bits per heavy atom. The molecule has 1 fully saturated rings. The maximum atomic E-state index is 12.2. The Morgan fingerprint density at radius 2 is 2.05 bits per heavy atom. The number of likely N-dealkylation sites (tertiary alicyclic amines) is 1. The van der Waals surface area contributed by atoms with Gasteiger partial charge in [0.05, 0.1) is 11.4 Å². The number of carbonyl (C=O) groups is 1. The molecule has 0 saturated carbocycles. The predicted molar refractivity (Wildman–Crippen MR) is 84.2 cm³/mol. The first-order valence-electron chi connectivity index (χ1n) is 7.82. The summed E-state index contributed by atoms with van der Waals surface area (Å²) in [7, 11) is 0. The molecule has 0 unspecified atom stereocenters. The van der Waals surface area contributed by atoms with Crippen LogP contribution in [-0.2, 0) is 11.2 Å². The summed E-state index contributed by atoms with van der Waals surface area (Å²) in [5, 5.41) is 8.49. The first kappa shape index (κ1) is 15.0. The van der Waals surface area contributed by atoms with Crippen LogP contribution in [0.15, 0.2) is 18.3 Å². The highest BCUT2D eigenvalue weighted by molar-refractivity contribution is 6.05. The molecule has 0 atom stereocenters. The summed E-state index contributed by atoms with van der Waals surface area (Å²) in [4.78, 5) is 18.3. The number of fused-ring (bicyclic) bond motifs is 1. The predicted octanol–water partition coefficient (Wildman–Crippen LogP) is 3.02. The first-order chi connectivity index (χ1) is 10.3. The summed E-state index contributed by atoms with van der Waals surface area (Å²) in [5.41, 5.74) is 2.04. The Balaban J connectivity index is 1.68. The number of pyridine rings is 1. The van der Waals surface area contributed by atoms with Crippen molar-refractivity contribution in [1.82, 2.24) is 9.88 Å². The minimum absolute atomic E-state index is 0.144. The number of hydrogen-bond donors (Lipinski definition) is 1. The number of rotatable bonds is 0. The average Bonchev–Trinajstić information content (AvgIpc) is 2.71. The van der Waals surface area contributed by atoms with E-state index in [1.54, 1.807) is 11.1 Å². The van der Waals surface area contributed by atoms with Gasteiger partial charge < -0.3 is 15.0 Å². The van der Waals surface area contributed by atoms with Gasteiger partial charge in [0.25, 0.3) is 0 Å². The number of amides is 1. The van der Waals surface area contributed by atoms with Gasteiger partial charge in [-0.3, -0.25) is 4.98 Å². The fraction of sp³-hybridized carbons (Fsp3) is 0.588. The molecule has 1 aliphatic heterocycles. The van der Waals surface area contributed by atoms with E-state index in [1.807, 2.05) is 26.8 Å². The number of piperidine rings is 1. The van der Waals surface area contributed by atoms with Crippen LogP contribution in [-0.4, -0.2) is 40.4 Å². The third-order valence-electron chi connectivity index (χ3n) is 4.56. The average molecular weight is 301 g/mol. The standard InChI is InChI=1S/C17H23N3O2/c1-16(2,3)22-15(21)20-9-6-17(7-10-20)11-12-5-4-8-19-13(12)14(17)18/h4-5,8,18H,6-7,9-11H2,1-3H3. The highest BCUT2D eigenvalue weighted by atomic mass is 16.6. The molecule has 22 heavy (non-hydrogen) atoms. The van der Waals surface area contributed by atoms with Crippen LogP contribution < -0.4 is 0 Å². The maximum Gasteiger partial charge on any atom is 0.410 e. The third kappa shape index (κ3) is 2.60. The van der Waals surface area contributed by atoms with Crippen molar-refractivity contribution in [3.05, 3.63) is 29.6 Å². The number of aromatic nitrogens is 1. The topological polar surface area (TPSA) is 66.3 Å². The second-order valence-corrected chi connectivity index (χ2v) is 7.31. The van der Waals surface area contributed by atoms with Crippen molar-refractivity contribution in [2.75, 3.05) is 13.1 Å². The first-order valence-corrected chi connectivity index (χ1v) is 7.82. The van der Waals surface area contributed by atoms with E-state index >= 15 is 0 Å². The van der Waals surface area contributed by atoms with Gasteiger partial charge in [-0.2, -0.15) is 0 Å². The van der Waals surface area contributed by atoms with Crippen molar-refractivity contribution in [2.45, 2.75) is 45.6 Å². The number of nitrogens with one attached hydrogen (secondary N) is 1. The zero-order valence-corrected chi connectivity index (χ0v) is 13.5. The van der Waals surface area contributed by atoms with E-state index in [0.29, 0.717) is 18.8 Å². The lowest BCUT2D eigenvalue weighted by atomic mass is 9.75. The van der Waals surface area contributed by atoms with Gasteiger partial charge in [-0.15, -0.1) is 0 Å². The molecule has 1 spiro atoms. The SMILES string of the molecule is CC(C)(C)OC(=O)N1CCC2(CC1)Cc1cccnc1C2=N. The molecular formula is C17H23N3O2. The van der Waals surface area contributed by atoms with Crippen molar-refractivity contribution in [3.8, 4) is 0 Å². The van der Waals surface area contributed by atoms with Crippen molar-refractivity contribution in [2.24, 2.45) is 5.41 Å². The van der Waals surface area contributed by atoms with Crippen LogP contribution in [0.4, 0.5) is 4.79 Å². The molecule has 5 heteroatoms. The molecule has 5 nitrogen and oxygen atoms in total. The van der Waals surface area contributed by atoms with Crippen LogP contribution in [0.2, 0.25) is 0 Å². The van der Waals surface area contributed by atoms with E-state index in [4.69, 9.17) is 10.1 Å². The number of carbonyl (C=O) groups excluding carboxylic acids is 1. The van der Waals surface area contributed by atoms with Crippen molar-refractivity contribution >= 4 is 11.8 Å². The molecule has 3 rings (SSSR count). The van der Waals surface area contributed by atoms with Crippen molar-refractivity contribution in [3.63, 3.8) is 0 Å². The Kier molecular flexibility index (Phi) is 3.46. The van der Waals surface area contributed by atoms with Gasteiger partial charge >= 0.3 is 6.09 Å². The Morgan fingerprint density at radius 3 is 2.64 bits per heavy atom. The zero-order valence-electron chi connectivity index (χ0n) is 13.5. The maximum absolute atomic E-state index is 12.2. The highest BCUT2D eigenvalue weighted by Crippen LogP contribution is 2.43. The van der Waals surface area contributed by atoms with E-state index < -0.39 is 5.60 Å². The van der Waals surface area contributed by atoms with E-state index in [9.17, 15) is 4.79 Å². The van der Waals surface area contributed by atoms with Gasteiger partial charge in [-0.1, -0.05) is 6.07 Å². The zero-order chi connectivity index (χ0) is 16.0. The Labute approximate surface area is 131 Å². The van der Waals surface area contributed by atoms with Crippen LogP contribution in [0.25, 0.3) is 0 Å². The molecule has 1 saturated heterocycles. The van der Waals surface area contributed by atoms with E-state index in [1.165, 1.54) is 5.56 Å². The summed E-state index contributed by atoms with van der Waals surface area (Å²) in [6.45, 7) is 6.93. The van der Waals surface area contributed by atoms with E-state index in [2.05, 4.69) is 11.1 Å². The molecule has 0 bridgehead atoms. The lowest BCUT2D eigenvalue weighted by Crippen LogP contribution is -2.47. The summed E-state index contributed by atoms with van der Waals surface area (Å²) in [5.74, 6) is 0. The summed E-state index contributed by atoms with van der Waals surface area (Å²) >= 11 is 0. The lowest BCUT2D eigenvalue weighted by Gasteiger charge is -2.39. The monoisotopic (exact) mass is 301 g/mol. The normalized spacial score (nSPS) is 20.1. The largest absolute Gasteiger partial charge is 0.444 e. The summed E-state index contributed by atoms with van der Waals surface area (Å²) in [6, 6.07) is 3.99. The van der Waals surface area contributed by atoms with E-state index in [0.717, 1.165) is 25.0 Å². The Hall–Kier alpha value is -1.91. The fourth-order valence-corrected chi connectivity index (χ4v) is 3.38. The third-order valence-corrected chi connectivity index (χ3v) is 4.56. The number of hydrogen-bond acceptors (Lipinski definition) is 4. The molecule has 1 N–H and O–H groups in total. The van der Waals surface area contributed by atoms with Crippen LogP contribution >= 0.6 is 0 Å². The van der Waals surface area contributed by atoms with Crippen LogP contribution in [0.5, 0.6) is 0 Å². The van der Waals surface area contributed by atoms with Gasteiger partial charge in [0.2, 0.25) is 0 Å². The molecule has 1 aliphatic carbocycles. The summed E-state index contributed by atoms with van der Waals surface area (Å²) in [6.07, 6.45) is 3.99. The highest BCUT2D eigenvalue weighted by Gasteiger charge is 2.46. The molecule has 2 heterocycles. The van der Waals surface area contributed by atoms with Gasteiger partial charge in [-0.25, -0.2) is 4.79 Å². The molecule has 0 radical (unpaired) electrons. The smallest absolute Gasteiger partial charge is 0.410 e. The van der Waals surface area contributed by atoms with Gasteiger partial charge in [0, 0.05) is 24.7 Å². The molecule has 0 aromatic carbocycles. The van der Waals surface area contributed by atoms with Crippen molar-refractivity contribution < 1.29 is 9.53 Å². The summed E-state index contributed by atoms with van der Waals surface area (Å²) < 4.78 is 5.44. The Bertz CT molecular complexity index is 611. The molecule has 118 valence electrons. The van der Waals surface area contributed by atoms with Crippen LogP contribution in [0.3, 0.4) is 0 Å². The van der Waals surface area contributed by atoms with Crippen molar-refractivity contribution in [1.29, 1.82) is 5.41 Å². The van der Waals surface area contributed by atoms with Crippen LogP contribution in [0, 0.1) is 10.8 Å².